The van der Waals surface area contributed by atoms with E-state index in [1.54, 1.807) is 0 Å². The number of benzene rings is 9. The Labute approximate surface area is 331 Å². The average molecular weight is 732 g/mol. The molecule has 1 aromatic heterocycles. The van der Waals surface area contributed by atoms with Crippen molar-refractivity contribution in [1.29, 1.82) is 0 Å². The largest absolute Gasteiger partial charge is 0.310 e. The maximum Gasteiger partial charge on any atom is 0.0540 e. The molecule has 0 saturated carbocycles. The second kappa shape index (κ2) is 12.9. The van der Waals surface area contributed by atoms with Gasteiger partial charge in [0.15, 0.2) is 0 Å². The van der Waals surface area contributed by atoms with E-state index >= 15 is 0 Å². The highest BCUT2D eigenvalue weighted by atomic mass is 32.1. The molecule has 0 bridgehead atoms. The number of para-hydroxylation sites is 1. The van der Waals surface area contributed by atoms with Gasteiger partial charge in [-0.15, -0.1) is 11.3 Å². The van der Waals surface area contributed by atoms with E-state index < -0.39 is 0 Å². The highest BCUT2D eigenvalue weighted by Gasteiger charge is 2.42. The number of hydrogen-bond donors (Lipinski definition) is 0. The number of rotatable bonds is 6. The van der Waals surface area contributed by atoms with Crippen molar-refractivity contribution in [3.63, 3.8) is 0 Å². The van der Waals surface area contributed by atoms with Gasteiger partial charge in [-0.05, 0) is 93.2 Å². The van der Waals surface area contributed by atoms with Gasteiger partial charge in [0, 0.05) is 47.9 Å². The van der Waals surface area contributed by atoms with Crippen molar-refractivity contribution < 1.29 is 0 Å². The van der Waals surface area contributed by atoms with Gasteiger partial charge in [0.05, 0.1) is 5.69 Å². The Bertz CT molecular complexity index is 3030. The highest BCUT2D eigenvalue weighted by molar-refractivity contribution is 7.26. The van der Waals surface area contributed by atoms with E-state index in [-0.39, 0.29) is 5.41 Å². The number of thiophene rings is 1. The van der Waals surface area contributed by atoms with E-state index in [1.165, 1.54) is 86.7 Å². The summed E-state index contributed by atoms with van der Waals surface area (Å²) in [6.07, 6.45) is 0. The second-order valence-corrected chi connectivity index (χ2v) is 16.0. The van der Waals surface area contributed by atoms with Gasteiger partial charge in [0.2, 0.25) is 0 Å². The van der Waals surface area contributed by atoms with Crippen molar-refractivity contribution in [2.75, 3.05) is 4.90 Å². The van der Waals surface area contributed by atoms with Crippen molar-refractivity contribution in [3.05, 3.63) is 223 Å². The third-order valence-corrected chi connectivity index (χ3v) is 13.2. The predicted octanol–water partition coefficient (Wildman–Crippen LogP) is 15.3. The van der Waals surface area contributed by atoms with E-state index in [4.69, 9.17) is 0 Å². The lowest BCUT2D eigenvalue weighted by molar-refractivity contribution is 0.717. The molecule has 0 aliphatic heterocycles. The number of nitrogens with zero attached hydrogens (tertiary/aromatic N) is 1. The SMILES string of the molecule is CC1(c2ccc3c(sc4ccccc43)c2-c2ccc(-c3ccc(N(c4ccccc4)c4cccc5ccccc45)cc3)cc2)c2ccccc2-c2ccccc21. The summed E-state index contributed by atoms with van der Waals surface area (Å²) < 4.78 is 2.67. The fraction of sp³-hybridized carbons (Fsp3) is 0.0370. The normalized spacial score (nSPS) is 12.9. The zero-order valence-electron chi connectivity index (χ0n) is 31.0. The molecule has 0 saturated heterocycles. The van der Waals surface area contributed by atoms with Crippen molar-refractivity contribution in [1.82, 2.24) is 0 Å². The van der Waals surface area contributed by atoms with Gasteiger partial charge in [-0.2, -0.15) is 0 Å². The highest BCUT2D eigenvalue weighted by Crippen LogP contribution is 2.56. The minimum Gasteiger partial charge on any atom is -0.310 e. The molecule has 0 radical (unpaired) electrons. The van der Waals surface area contributed by atoms with Crippen LogP contribution in [0.4, 0.5) is 17.1 Å². The summed E-state index contributed by atoms with van der Waals surface area (Å²) in [6.45, 7) is 2.43. The summed E-state index contributed by atoms with van der Waals surface area (Å²) in [5, 5.41) is 5.10. The van der Waals surface area contributed by atoms with Gasteiger partial charge in [0.1, 0.15) is 0 Å². The van der Waals surface area contributed by atoms with Gasteiger partial charge in [-0.3, -0.25) is 0 Å². The summed E-state index contributed by atoms with van der Waals surface area (Å²) in [6, 6.07) is 75.8. The zero-order valence-corrected chi connectivity index (χ0v) is 31.8. The lowest BCUT2D eigenvalue weighted by Gasteiger charge is -2.31. The van der Waals surface area contributed by atoms with Gasteiger partial charge in [0.25, 0.3) is 0 Å². The first-order valence-electron chi connectivity index (χ1n) is 19.3. The minimum atomic E-state index is -0.309. The molecular formula is C54H37NS. The summed E-state index contributed by atoms with van der Waals surface area (Å²) in [7, 11) is 0. The summed E-state index contributed by atoms with van der Waals surface area (Å²) in [5.41, 5.74) is 14.8. The maximum absolute atomic E-state index is 2.43. The smallest absolute Gasteiger partial charge is 0.0540 e. The quantitative estimate of drug-likeness (QED) is 0.165. The first kappa shape index (κ1) is 32.7. The number of fused-ring (bicyclic) bond motifs is 7. The molecule has 1 heterocycles. The molecule has 0 spiro atoms. The van der Waals surface area contributed by atoms with Crippen LogP contribution in [-0.2, 0) is 5.41 Å². The van der Waals surface area contributed by atoms with Gasteiger partial charge in [-0.25, -0.2) is 0 Å². The maximum atomic E-state index is 2.43. The first-order valence-corrected chi connectivity index (χ1v) is 20.2. The molecule has 0 fully saturated rings. The molecule has 0 amide bonds. The summed E-state index contributed by atoms with van der Waals surface area (Å²) >= 11 is 1.91. The Balaban J connectivity index is 1.03. The van der Waals surface area contributed by atoms with Gasteiger partial charge >= 0.3 is 0 Å². The van der Waals surface area contributed by atoms with Crippen LogP contribution in [0.2, 0.25) is 0 Å². The van der Waals surface area contributed by atoms with Crippen molar-refractivity contribution in [2.24, 2.45) is 0 Å². The van der Waals surface area contributed by atoms with Crippen molar-refractivity contribution in [3.8, 4) is 33.4 Å². The molecule has 1 nitrogen and oxygen atoms in total. The Kier molecular flexibility index (Phi) is 7.55. The molecule has 1 aliphatic carbocycles. The lowest BCUT2D eigenvalue weighted by Crippen LogP contribution is -2.23. The standard InChI is InChI=1S/C54H37NS/c1-54(47-22-10-7-19-43(47)44-20-8-11-23-48(44)54)49-35-34-46-45-21-9-12-25-51(45)56-53(46)52(49)39-28-26-36(27-29-39)37-30-32-41(33-31-37)55(40-16-3-2-4-17-40)50-24-13-15-38-14-5-6-18-42(38)50/h2-35H,1H3. The fourth-order valence-corrected chi connectivity index (χ4v) is 10.5. The molecular weight excluding hydrogens is 695 g/mol. The van der Waals surface area contributed by atoms with Crippen LogP contribution in [0.1, 0.15) is 23.6 Å². The van der Waals surface area contributed by atoms with Crippen LogP contribution in [0, 0.1) is 0 Å². The van der Waals surface area contributed by atoms with Crippen LogP contribution in [0.15, 0.2) is 206 Å². The van der Waals surface area contributed by atoms with E-state index in [0.29, 0.717) is 0 Å². The molecule has 10 aromatic rings. The van der Waals surface area contributed by atoms with Gasteiger partial charge < -0.3 is 4.90 Å². The first-order chi connectivity index (χ1) is 27.7. The van der Waals surface area contributed by atoms with Crippen LogP contribution in [0.3, 0.4) is 0 Å². The summed E-state index contributed by atoms with van der Waals surface area (Å²) in [5.74, 6) is 0. The molecule has 2 heteroatoms. The number of hydrogen-bond acceptors (Lipinski definition) is 2. The Morgan fingerprint density at radius 2 is 0.946 bits per heavy atom. The van der Waals surface area contributed by atoms with E-state index in [2.05, 4.69) is 218 Å². The molecule has 11 rings (SSSR count). The van der Waals surface area contributed by atoms with Crippen LogP contribution < -0.4 is 4.90 Å². The van der Waals surface area contributed by atoms with E-state index in [1.807, 2.05) is 11.3 Å². The molecule has 0 atom stereocenters. The Morgan fingerprint density at radius 3 is 1.68 bits per heavy atom. The van der Waals surface area contributed by atoms with Gasteiger partial charge in [-0.1, -0.05) is 170 Å². The third kappa shape index (κ3) is 5.00. The van der Waals surface area contributed by atoms with Crippen LogP contribution in [-0.4, -0.2) is 0 Å². The Morgan fingerprint density at radius 1 is 0.393 bits per heavy atom. The van der Waals surface area contributed by atoms with Crippen LogP contribution in [0.25, 0.3) is 64.3 Å². The summed E-state index contributed by atoms with van der Waals surface area (Å²) in [4.78, 5) is 2.36. The molecule has 56 heavy (non-hydrogen) atoms. The molecule has 0 N–H and O–H groups in total. The van der Waals surface area contributed by atoms with Crippen LogP contribution >= 0.6 is 11.3 Å². The minimum absolute atomic E-state index is 0.309. The average Bonchev–Trinajstić information content (AvgIpc) is 3.78. The number of anilines is 3. The molecule has 9 aromatic carbocycles. The predicted molar refractivity (Wildman–Crippen MR) is 240 cm³/mol. The third-order valence-electron chi connectivity index (χ3n) is 12.0. The molecule has 1 aliphatic rings. The van der Waals surface area contributed by atoms with Crippen LogP contribution in [0.5, 0.6) is 0 Å². The van der Waals surface area contributed by atoms with E-state index in [0.717, 1.165) is 11.4 Å². The lowest BCUT2D eigenvalue weighted by atomic mass is 9.71. The topological polar surface area (TPSA) is 3.24 Å². The fourth-order valence-electron chi connectivity index (χ4n) is 9.28. The Hall–Kier alpha value is -6.74. The molecule has 264 valence electrons. The molecule has 0 unspecified atom stereocenters. The van der Waals surface area contributed by atoms with Crippen molar-refractivity contribution in [2.45, 2.75) is 12.3 Å². The van der Waals surface area contributed by atoms with Crippen molar-refractivity contribution >= 4 is 59.3 Å². The van der Waals surface area contributed by atoms with E-state index in [9.17, 15) is 0 Å². The zero-order chi connectivity index (χ0) is 37.2. The monoisotopic (exact) mass is 731 g/mol. The second-order valence-electron chi connectivity index (χ2n) is 15.0.